The lowest BCUT2D eigenvalue weighted by Crippen LogP contribution is -2.11. The van der Waals surface area contributed by atoms with Gasteiger partial charge in [0.15, 0.2) is 12.4 Å². The summed E-state index contributed by atoms with van der Waals surface area (Å²) < 4.78 is 11.5. The fourth-order valence-electron chi connectivity index (χ4n) is 2.83. The topological polar surface area (TPSA) is 63.2 Å². The molecule has 3 rings (SSSR count). The Kier molecular flexibility index (Phi) is 4.56. The molecule has 1 aromatic heterocycles. The Morgan fingerprint density at radius 2 is 1.81 bits per heavy atom. The zero-order valence-corrected chi connectivity index (χ0v) is 15.4. The van der Waals surface area contributed by atoms with E-state index < -0.39 is 0 Å². The first-order chi connectivity index (χ1) is 12.3. The molecule has 0 amide bonds. The second kappa shape index (κ2) is 6.68. The number of aryl methyl sites for hydroxylation is 1. The van der Waals surface area contributed by atoms with Gasteiger partial charge in [-0.25, -0.2) is 0 Å². The highest BCUT2D eigenvalue weighted by Crippen LogP contribution is 2.33. The lowest BCUT2D eigenvalue weighted by molar-refractivity contribution is 0.356. The molecule has 0 atom stereocenters. The Morgan fingerprint density at radius 1 is 1.12 bits per heavy atom. The van der Waals surface area contributed by atoms with E-state index in [0.29, 0.717) is 16.7 Å². The Labute approximate surface area is 152 Å². The lowest BCUT2D eigenvalue weighted by atomic mass is 9.86. The third-order valence-corrected chi connectivity index (χ3v) is 4.30. The highest BCUT2D eigenvalue weighted by Gasteiger charge is 2.19. The van der Waals surface area contributed by atoms with Gasteiger partial charge in [0, 0.05) is 5.56 Å². The van der Waals surface area contributed by atoms with Crippen LogP contribution in [0.15, 0.2) is 51.7 Å². The molecule has 26 heavy (non-hydrogen) atoms. The van der Waals surface area contributed by atoms with E-state index in [1.807, 2.05) is 49.4 Å². The Morgan fingerprint density at radius 3 is 2.42 bits per heavy atom. The number of fused-ring (bicyclic) bond motifs is 1. The summed E-state index contributed by atoms with van der Waals surface area (Å²) in [5.74, 6) is 0.426. The van der Waals surface area contributed by atoms with Gasteiger partial charge in [-0.2, -0.15) is 5.26 Å². The number of nitrogens with zero attached hydrogens (tertiary/aromatic N) is 1. The van der Waals surface area contributed by atoms with Gasteiger partial charge >= 0.3 is 0 Å². The monoisotopic (exact) mass is 347 g/mol. The molecular formula is C22H21NO3. The molecular weight excluding hydrogens is 326 g/mol. The van der Waals surface area contributed by atoms with Crippen LogP contribution in [0, 0.1) is 18.3 Å². The SMILES string of the molecule is Cc1ccc2c(=O)c(OCC#N)c(-c3ccc(C(C)(C)C)cc3)oc2c1. The molecule has 0 saturated carbocycles. The van der Waals surface area contributed by atoms with E-state index in [0.717, 1.165) is 11.1 Å². The summed E-state index contributed by atoms with van der Waals surface area (Å²) >= 11 is 0. The number of ether oxygens (including phenoxy) is 1. The second-order valence-electron chi connectivity index (χ2n) is 7.36. The van der Waals surface area contributed by atoms with E-state index in [1.165, 1.54) is 5.56 Å². The van der Waals surface area contributed by atoms with Crippen LogP contribution in [0.3, 0.4) is 0 Å². The number of nitriles is 1. The van der Waals surface area contributed by atoms with Crippen molar-refractivity contribution in [3.63, 3.8) is 0 Å². The van der Waals surface area contributed by atoms with Crippen LogP contribution in [0.25, 0.3) is 22.3 Å². The summed E-state index contributed by atoms with van der Waals surface area (Å²) in [7, 11) is 0. The molecule has 0 unspecified atom stereocenters. The summed E-state index contributed by atoms with van der Waals surface area (Å²) in [5.41, 5.74) is 3.19. The predicted octanol–water partition coefficient (Wildman–Crippen LogP) is 4.97. The van der Waals surface area contributed by atoms with Gasteiger partial charge in [0.05, 0.1) is 5.39 Å². The van der Waals surface area contributed by atoms with E-state index in [4.69, 9.17) is 14.4 Å². The van der Waals surface area contributed by atoms with E-state index in [1.54, 1.807) is 6.07 Å². The van der Waals surface area contributed by atoms with E-state index in [2.05, 4.69) is 20.8 Å². The second-order valence-corrected chi connectivity index (χ2v) is 7.36. The summed E-state index contributed by atoms with van der Waals surface area (Å²) in [4.78, 5) is 12.9. The van der Waals surface area contributed by atoms with Crippen LogP contribution in [0.4, 0.5) is 0 Å². The van der Waals surface area contributed by atoms with Crippen molar-refractivity contribution in [1.82, 2.24) is 0 Å². The number of hydrogen-bond acceptors (Lipinski definition) is 4. The third kappa shape index (κ3) is 3.34. The molecule has 1 heterocycles. The molecule has 0 saturated heterocycles. The smallest absolute Gasteiger partial charge is 0.235 e. The van der Waals surface area contributed by atoms with Gasteiger partial charge in [0.25, 0.3) is 0 Å². The first kappa shape index (κ1) is 17.8. The maximum atomic E-state index is 12.9. The molecule has 3 aromatic rings. The first-order valence-electron chi connectivity index (χ1n) is 8.49. The van der Waals surface area contributed by atoms with Gasteiger partial charge in [-0.15, -0.1) is 0 Å². The largest absolute Gasteiger partial charge is 0.471 e. The normalized spacial score (nSPS) is 11.3. The van der Waals surface area contributed by atoms with Gasteiger partial charge in [-0.1, -0.05) is 51.1 Å². The molecule has 0 aliphatic heterocycles. The molecule has 0 radical (unpaired) electrons. The van der Waals surface area contributed by atoms with Crippen LogP contribution < -0.4 is 10.2 Å². The van der Waals surface area contributed by atoms with Gasteiger partial charge < -0.3 is 9.15 Å². The predicted molar refractivity (Wildman–Crippen MR) is 102 cm³/mol. The van der Waals surface area contributed by atoms with E-state index in [-0.39, 0.29) is 23.2 Å². The van der Waals surface area contributed by atoms with Gasteiger partial charge in [0.1, 0.15) is 11.7 Å². The van der Waals surface area contributed by atoms with Crippen molar-refractivity contribution < 1.29 is 9.15 Å². The molecule has 0 aliphatic carbocycles. The minimum atomic E-state index is -0.267. The number of benzene rings is 2. The van der Waals surface area contributed by atoms with Crippen molar-refractivity contribution in [3.8, 4) is 23.1 Å². The van der Waals surface area contributed by atoms with Crippen LogP contribution in [0.2, 0.25) is 0 Å². The van der Waals surface area contributed by atoms with Crippen molar-refractivity contribution in [2.24, 2.45) is 0 Å². The molecule has 0 spiro atoms. The van der Waals surface area contributed by atoms with Gasteiger partial charge in [0.2, 0.25) is 11.2 Å². The number of hydrogen-bond donors (Lipinski definition) is 0. The summed E-state index contributed by atoms with van der Waals surface area (Å²) in [5, 5.41) is 9.29. The molecule has 0 N–H and O–H groups in total. The fourth-order valence-corrected chi connectivity index (χ4v) is 2.83. The minimum absolute atomic E-state index is 0.0278. The van der Waals surface area contributed by atoms with Crippen LogP contribution in [-0.4, -0.2) is 6.61 Å². The highest BCUT2D eigenvalue weighted by atomic mass is 16.5. The standard InChI is InChI=1S/C22H21NO3/c1-14-5-10-17-18(13-14)26-20(21(19(17)24)25-12-11-23)15-6-8-16(9-7-15)22(2,3)4/h5-10,13H,12H2,1-4H3. The van der Waals surface area contributed by atoms with Crippen molar-refractivity contribution in [1.29, 1.82) is 5.26 Å². The average molecular weight is 347 g/mol. The molecule has 2 aromatic carbocycles. The van der Waals surface area contributed by atoms with Crippen LogP contribution in [0.1, 0.15) is 31.9 Å². The maximum absolute atomic E-state index is 12.9. The zero-order valence-electron chi connectivity index (χ0n) is 15.4. The third-order valence-electron chi connectivity index (χ3n) is 4.30. The quantitative estimate of drug-likeness (QED) is 0.671. The molecule has 0 bridgehead atoms. The molecule has 132 valence electrons. The zero-order chi connectivity index (χ0) is 18.9. The molecule has 4 heteroatoms. The number of rotatable bonds is 3. The Balaban J connectivity index is 2.23. The Hall–Kier alpha value is -3.06. The Bertz CT molecular complexity index is 1050. The average Bonchev–Trinajstić information content (AvgIpc) is 2.60. The maximum Gasteiger partial charge on any atom is 0.235 e. The summed E-state index contributed by atoms with van der Waals surface area (Å²) in [6.45, 7) is 8.15. The van der Waals surface area contributed by atoms with Gasteiger partial charge in [-0.05, 0) is 35.6 Å². The summed E-state index contributed by atoms with van der Waals surface area (Å²) in [6.07, 6.45) is 0. The molecule has 0 aliphatic rings. The molecule has 0 fully saturated rings. The lowest BCUT2D eigenvalue weighted by Gasteiger charge is -2.19. The van der Waals surface area contributed by atoms with Crippen LogP contribution in [-0.2, 0) is 5.41 Å². The van der Waals surface area contributed by atoms with E-state index in [9.17, 15) is 4.79 Å². The van der Waals surface area contributed by atoms with Crippen molar-refractivity contribution >= 4 is 11.0 Å². The van der Waals surface area contributed by atoms with Gasteiger partial charge in [-0.3, -0.25) is 4.79 Å². The van der Waals surface area contributed by atoms with E-state index >= 15 is 0 Å². The van der Waals surface area contributed by atoms with Crippen molar-refractivity contribution in [2.45, 2.75) is 33.1 Å². The van der Waals surface area contributed by atoms with Crippen molar-refractivity contribution in [2.75, 3.05) is 6.61 Å². The van der Waals surface area contributed by atoms with Crippen molar-refractivity contribution in [3.05, 3.63) is 63.8 Å². The minimum Gasteiger partial charge on any atom is -0.471 e. The van der Waals surface area contributed by atoms with Crippen LogP contribution >= 0.6 is 0 Å². The fraction of sp³-hybridized carbons (Fsp3) is 0.273. The highest BCUT2D eigenvalue weighted by molar-refractivity contribution is 5.82. The van der Waals surface area contributed by atoms with Crippen LogP contribution in [0.5, 0.6) is 5.75 Å². The molecule has 4 nitrogen and oxygen atoms in total. The summed E-state index contributed by atoms with van der Waals surface area (Å²) in [6, 6.07) is 15.2. The first-order valence-corrected chi connectivity index (χ1v) is 8.49.